The van der Waals surface area contributed by atoms with Crippen LogP contribution in [0.4, 0.5) is 4.39 Å². The fourth-order valence-corrected chi connectivity index (χ4v) is 6.18. The van der Waals surface area contributed by atoms with Gasteiger partial charge in [-0.1, -0.05) is 42.8 Å². The molecular formula is C16H23BrFNS2. The second-order valence-corrected chi connectivity index (χ2v) is 9.41. The molecule has 0 radical (unpaired) electrons. The number of hydrogen-bond acceptors (Lipinski definition) is 3. The van der Waals surface area contributed by atoms with Crippen molar-refractivity contribution in [2.75, 3.05) is 12.3 Å². The van der Waals surface area contributed by atoms with Gasteiger partial charge >= 0.3 is 0 Å². The first-order valence-electron chi connectivity index (χ1n) is 7.45. The van der Waals surface area contributed by atoms with Crippen molar-refractivity contribution < 1.29 is 4.39 Å². The molecule has 0 saturated carbocycles. The van der Waals surface area contributed by atoms with Gasteiger partial charge in [0, 0.05) is 32.0 Å². The molecule has 21 heavy (non-hydrogen) atoms. The predicted octanol–water partition coefficient (Wildman–Crippen LogP) is 4.73. The summed E-state index contributed by atoms with van der Waals surface area (Å²) in [6.45, 7) is 7.76. The van der Waals surface area contributed by atoms with Gasteiger partial charge in [0.15, 0.2) is 0 Å². The van der Waals surface area contributed by atoms with E-state index < -0.39 is 0 Å². The smallest absolute Gasteiger partial charge is 0.124 e. The normalized spacial score (nSPS) is 27.6. The Morgan fingerprint density at radius 1 is 1.38 bits per heavy atom. The first-order valence-corrected chi connectivity index (χ1v) is 10.2. The Morgan fingerprint density at radius 2 is 2.14 bits per heavy atom. The number of rotatable bonds is 5. The molecule has 1 fully saturated rings. The maximum atomic E-state index is 13.2. The van der Waals surface area contributed by atoms with Gasteiger partial charge in [0.05, 0.1) is 0 Å². The molecule has 0 aromatic heterocycles. The summed E-state index contributed by atoms with van der Waals surface area (Å²) in [6, 6.07) is 5.45. The molecule has 1 nitrogen and oxygen atoms in total. The second kappa shape index (κ2) is 8.23. The van der Waals surface area contributed by atoms with E-state index in [9.17, 15) is 4.39 Å². The Morgan fingerprint density at radius 3 is 2.76 bits per heavy atom. The summed E-state index contributed by atoms with van der Waals surface area (Å²) in [6.07, 6.45) is 0.939. The lowest BCUT2D eigenvalue weighted by Gasteiger charge is -2.36. The lowest BCUT2D eigenvalue weighted by Crippen LogP contribution is -2.44. The molecule has 5 heteroatoms. The zero-order chi connectivity index (χ0) is 15.4. The molecule has 1 aromatic rings. The van der Waals surface area contributed by atoms with Crippen LogP contribution in [0.3, 0.4) is 0 Å². The molecule has 1 heterocycles. The van der Waals surface area contributed by atoms with Gasteiger partial charge in [-0.15, -0.1) is 0 Å². The molecule has 118 valence electrons. The highest BCUT2D eigenvalue weighted by molar-refractivity contribution is 9.10. The summed E-state index contributed by atoms with van der Waals surface area (Å²) in [5, 5.41) is 5.65. The molecule has 1 aliphatic rings. The van der Waals surface area contributed by atoms with Gasteiger partial charge < -0.3 is 5.32 Å². The summed E-state index contributed by atoms with van der Waals surface area (Å²) in [4.78, 5) is 0. The highest BCUT2D eigenvalue weighted by Crippen LogP contribution is 2.38. The van der Waals surface area contributed by atoms with Gasteiger partial charge in [-0.2, -0.15) is 23.5 Å². The first kappa shape index (κ1) is 17.6. The topological polar surface area (TPSA) is 12.0 Å². The summed E-state index contributed by atoms with van der Waals surface area (Å²) < 4.78 is 14.1. The second-order valence-electron chi connectivity index (χ2n) is 5.52. The van der Waals surface area contributed by atoms with Gasteiger partial charge in [0.2, 0.25) is 0 Å². The zero-order valence-electron chi connectivity index (χ0n) is 12.7. The van der Waals surface area contributed by atoms with Crippen LogP contribution in [0.1, 0.15) is 26.3 Å². The Bertz CT molecular complexity index is 472. The number of nitrogens with one attached hydrogen (secondary N) is 1. The van der Waals surface area contributed by atoms with E-state index in [0.717, 1.165) is 22.7 Å². The number of thioether (sulfide) groups is 2. The minimum Gasteiger partial charge on any atom is -0.313 e. The van der Waals surface area contributed by atoms with Gasteiger partial charge in [-0.25, -0.2) is 4.39 Å². The number of benzene rings is 1. The fraction of sp³-hybridized carbons (Fsp3) is 0.625. The lowest BCUT2D eigenvalue weighted by atomic mass is 10.0. The van der Waals surface area contributed by atoms with Crippen LogP contribution in [0.5, 0.6) is 0 Å². The van der Waals surface area contributed by atoms with Crippen LogP contribution in [0.2, 0.25) is 0 Å². The average molecular weight is 392 g/mol. The van der Waals surface area contributed by atoms with E-state index in [0.29, 0.717) is 16.5 Å². The van der Waals surface area contributed by atoms with Crippen LogP contribution in [-0.2, 0) is 6.42 Å². The Kier molecular flexibility index (Phi) is 6.91. The maximum Gasteiger partial charge on any atom is 0.124 e. The monoisotopic (exact) mass is 391 g/mol. The molecule has 1 saturated heterocycles. The quantitative estimate of drug-likeness (QED) is 0.778. The van der Waals surface area contributed by atoms with E-state index in [1.807, 2.05) is 6.07 Å². The van der Waals surface area contributed by atoms with Crippen LogP contribution in [0.15, 0.2) is 22.7 Å². The summed E-state index contributed by atoms with van der Waals surface area (Å²) >= 11 is 7.66. The van der Waals surface area contributed by atoms with Crippen molar-refractivity contribution in [2.45, 2.75) is 49.0 Å². The standard InChI is InChI=1S/C16H23BrFNS2/c1-4-19-15(16-9-20-10(2)11(3)21-16)7-12-5-6-13(18)8-14(12)17/h5-6,8,10-11,15-16,19H,4,7,9H2,1-3H3. The van der Waals surface area contributed by atoms with E-state index in [4.69, 9.17) is 0 Å². The van der Waals surface area contributed by atoms with Gasteiger partial charge in [0.25, 0.3) is 0 Å². The SMILES string of the molecule is CCNC(Cc1ccc(F)cc1Br)C1CSC(C)C(C)S1. The Hall–Kier alpha value is 0.290. The molecule has 1 aliphatic heterocycles. The van der Waals surface area contributed by atoms with Gasteiger partial charge in [-0.05, 0) is 30.7 Å². The van der Waals surface area contributed by atoms with Crippen molar-refractivity contribution in [3.8, 4) is 0 Å². The number of likely N-dealkylation sites (N-methyl/N-ethyl adjacent to an activating group) is 1. The molecule has 0 bridgehead atoms. The van der Waals surface area contributed by atoms with Crippen molar-refractivity contribution in [1.29, 1.82) is 0 Å². The average Bonchev–Trinajstić information content (AvgIpc) is 2.44. The third-order valence-corrected chi connectivity index (χ3v) is 8.23. The van der Waals surface area contributed by atoms with E-state index in [2.05, 4.69) is 65.5 Å². The van der Waals surface area contributed by atoms with Crippen molar-refractivity contribution in [3.63, 3.8) is 0 Å². The summed E-state index contributed by atoms with van der Waals surface area (Å²) in [5.74, 6) is 1.00. The Balaban J connectivity index is 2.08. The van der Waals surface area contributed by atoms with E-state index in [1.165, 1.54) is 11.3 Å². The molecule has 4 unspecified atom stereocenters. The molecule has 0 amide bonds. The van der Waals surface area contributed by atoms with Crippen molar-refractivity contribution in [1.82, 2.24) is 5.32 Å². The largest absolute Gasteiger partial charge is 0.313 e. The Labute approximate surface area is 144 Å². The minimum atomic E-state index is -0.185. The van der Waals surface area contributed by atoms with E-state index >= 15 is 0 Å². The molecule has 0 spiro atoms. The zero-order valence-corrected chi connectivity index (χ0v) is 16.0. The predicted molar refractivity (Wildman–Crippen MR) is 98.0 cm³/mol. The van der Waals surface area contributed by atoms with Gasteiger partial charge in [-0.3, -0.25) is 0 Å². The van der Waals surface area contributed by atoms with Crippen molar-refractivity contribution in [2.24, 2.45) is 0 Å². The highest BCUT2D eigenvalue weighted by atomic mass is 79.9. The molecule has 1 N–H and O–H groups in total. The maximum absolute atomic E-state index is 13.2. The fourth-order valence-electron chi connectivity index (χ4n) is 2.54. The molecular weight excluding hydrogens is 369 g/mol. The van der Waals surface area contributed by atoms with Crippen LogP contribution in [0.25, 0.3) is 0 Å². The number of halogens is 2. The summed E-state index contributed by atoms with van der Waals surface area (Å²) in [5.41, 5.74) is 1.18. The lowest BCUT2D eigenvalue weighted by molar-refractivity contribution is 0.518. The van der Waals surface area contributed by atoms with Crippen molar-refractivity contribution in [3.05, 3.63) is 34.1 Å². The van der Waals surface area contributed by atoms with Crippen LogP contribution in [0, 0.1) is 5.82 Å². The minimum absolute atomic E-state index is 0.185. The molecule has 1 aromatic carbocycles. The first-order chi connectivity index (χ1) is 10.0. The molecule has 2 rings (SSSR count). The van der Waals surface area contributed by atoms with Crippen LogP contribution in [-0.4, -0.2) is 34.1 Å². The molecule has 0 aliphatic carbocycles. The van der Waals surface area contributed by atoms with E-state index in [1.54, 1.807) is 12.1 Å². The number of hydrogen-bond donors (Lipinski definition) is 1. The summed E-state index contributed by atoms with van der Waals surface area (Å²) in [7, 11) is 0. The van der Waals surface area contributed by atoms with Crippen molar-refractivity contribution >= 4 is 39.5 Å². The van der Waals surface area contributed by atoms with Crippen LogP contribution < -0.4 is 5.32 Å². The van der Waals surface area contributed by atoms with Gasteiger partial charge in [0.1, 0.15) is 5.82 Å². The molecule has 4 atom stereocenters. The highest BCUT2D eigenvalue weighted by Gasteiger charge is 2.31. The third-order valence-electron chi connectivity index (χ3n) is 3.94. The van der Waals surface area contributed by atoms with Crippen LogP contribution >= 0.6 is 39.5 Å². The van der Waals surface area contributed by atoms with E-state index in [-0.39, 0.29) is 5.82 Å². The third kappa shape index (κ3) is 4.88.